The fraction of sp³-hybridized carbons (Fsp3) is 0.250. The van der Waals surface area contributed by atoms with Crippen LogP contribution in [0.2, 0.25) is 0 Å². The Balaban J connectivity index is 2.96. The van der Waals surface area contributed by atoms with Crippen molar-refractivity contribution in [3.05, 3.63) is 35.4 Å². The number of rotatable bonds is 0. The summed E-state index contributed by atoms with van der Waals surface area (Å²) in [6.07, 6.45) is 4.69. The number of hydrogen-bond acceptors (Lipinski definition) is 1. The van der Waals surface area contributed by atoms with Crippen LogP contribution in [0.1, 0.15) is 13.3 Å². The topological polar surface area (TPSA) is 20.2 Å². The van der Waals surface area contributed by atoms with Crippen LogP contribution in [-0.4, -0.2) is 5.11 Å². The van der Waals surface area contributed by atoms with Crippen molar-refractivity contribution < 1.29 is 9.50 Å². The zero-order valence-corrected chi connectivity index (χ0v) is 5.76. The Kier molecular flexibility index (Phi) is 1.90. The molecule has 0 fully saturated rings. The Bertz CT molecular complexity index is 223. The Hall–Kier alpha value is -1.05. The lowest BCUT2D eigenvalue weighted by Gasteiger charge is -1.94. The fourth-order valence-electron chi connectivity index (χ4n) is 0.782. The number of allylic oxidation sites excluding steroid dienone is 5. The maximum Gasteiger partial charge on any atom is 0.123 e. The van der Waals surface area contributed by atoms with Gasteiger partial charge in [-0.05, 0) is 24.6 Å². The van der Waals surface area contributed by atoms with Gasteiger partial charge >= 0.3 is 0 Å². The zero-order valence-electron chi connectivity index (χ0n) is 5.76. The molecule has 0 aliphatic heterocycles. The molecular weight excluding hydrogens is 131 g/mol. The summed E-state index contributed by atoms with van der Waals surface area (Å²) in [6, 6.07) is 0. The van der Waals surface area contributed by atoms with Crippen molar-refractivity contribution in [2.75, 3.05) is 0 Å². The van der Waals surface area contributed by atoms with E-state index < -0.39 is 0 Å². The summed E-state index contributed by atoms with van der Waals surface area (Å²) < 4.78 is 12.5. The van der Waals surface area contributed by atoms with E-state index in [2.05, 4.69) is 0 Å². The molecule has 0 spiro atoms. The van der Waals surface area contributed by atoms with Gasteiger partial charge in [0.25, 0.3) is 0 Å². The molecule has 2 heteroatoms. The van der Waals surface area contributed by atoms with Crippen LogP contribution in [-0.2, 0) is 0 Å². The third-order valence-corrected chi connectivity index (χ3v) is 1.40. The summed E-state index contributed by atoms with van der Waals surface area (Å²) in [5.41, 5.74) is 0.600. The van der Waals surface area contributed by atoms with E-state index in [1.807, 2.05) is 0 Å². The van der Waals surface area contributed by atoms with Gasteiger partial charge in [-0.15, -0.1) is 0 Å². The molecule has 0 heterocycles. The van der Waals surface area contributed by atoms with Crippen molar-refractivity contribution in [3.63, 3.8) is 0 Å². The van der Waals surface area contributed by atoms with Crippen molar-refractivity contribution in [3.8, 4) is 0 Å². The first-order valence-corrected chi connectivity index (χ1v) is 3.12. The van der Waals surface area contributed by atoms with Gasteiger partial charge in [0, 0.05) is 6.42 Å². The Morgan fingerprint density at radius 2 is 2.30 bits per heavy atom. The Morgan fingerprint density at radius 3 is 3.00 bits per heavy atom. The lowest BCUT2D eigenvalue weighted by molar-refractivity contribution is 0.396. The van der Waals surface area contributed by atoms with Gasteiger partial charge in [0.15, 0.2) is 0 Å². The standard InChI is InChI=1S/C8H9FO/c1-6-5-7(9)3-2-4-8(6)10/h2-3,5,10H,4H2,1H3. The van der Waals surface area contributed by atoms with E-state index in [1.165, 1.54) is 12.2 Å². The van der Waals surface area contributed by atoms with E-state index in [9.17, 15) is 4.39 Å². The largest absolute Gasteiger partial charge is 0.512 e. The minimum absolute atomic E-state index is 0.240. The molecule has 1 aliphatic rings. The summed E-state index contributed by atoms with van der Waals surface area (Å²) in [5.74, 6) is -0.0644. The molecule has 0 bridgehead atoms. The predicted molar refractivity (Wildman–Crippen MR) is 38.3 cm³/mol. The molecule has 1 N–H and O–H groups in total. The monoisotopic (exact) mass is 140 g/mol. The number of hydrogen-bond donors (Lipinski definition) is 1. The Morgan fingerprint density at radius 1 is 1.60 bits per heavy atom. The minimum Gasteiger partial charge on any atom is -0.512 e. The Labute approximate surface area is 59.2 Å². The van der Waals surface area contributed by atoms with E-state index in [1.54, 1.807) is 13.0 Å². The zero-order chi connectivity index (χ0) is 7.56. The van der Waals surface area contributed by atoms with Crippen LogP contribution >= 0.6 is 0 Å². The first-order valence-electron chi connectivity index (χ1n) is 3.12. The van der Waals surface area contributed by atoms with Crippen LogP contribution in [0.3, 0.4) is 0 Å². The van der Waals surface area contributed by atoms with E-state index in [4.69, 9.17) is 5.11 Å². The molecule has 1 nitrogen and oxygen atoms in total. The molecule has 0 atom stereocenters. The minimum atomic E-state index is -0.304. The van der Waals surface area contributed by atoms with Gasteiger partial charge in [-0.25, -0.2) is 4.39 Å². The van der Waals surface area contributed by atoms with Crippen LogP contribution in [0.15, 0.2) is 35.4 Å². The van der Waals surface area contributed by atoms with Crippen molar-refractivity contribution >= 4 is 0 Å². The second-order valence-corrected chi connectivity index (χ2v) is 2.27. The lowest BCUT2D eigenvalue weighted by Crippen LogP contribution is -1.80. The molecule has 0 aromatic rings. The molecule has 0 saturated carbocycles. The normalized spacial score (nSPS) is 18.8. The average Bonchev–Trinajstić information content (AvgIpc) is 1.96. The maximum absolute atomic E-state index is 12.5. The van der Waals surface area contributed by atoms with Crippen LogP contribution in [0.4, 0.5) is 4.39 Å². The second-order valence-electron chi connectivity index (χ2n) is 2.27. The molecule has 0 radical (unpaired) electrons. The molecule has 0 saturated heterocycles. The van der Waals surface area contributed by atoms with Gasteiger partial charge in [-0.1, -0.05) is 6.08 Å². The third-order valence-electron chi connectivity index (χ3n) is 1.40. The van der Waals surface area contributed by atoms with Crippen LogP contribution in [0, 0.1) is 0 Å². The number of halogens is 1. The third kappa shape index (κ3) is 1.47. The van der Waals surface area contributed by atoms with Crippen molar-refractivity contribution in [1.29, 1.82) is 0 Å². The molecule has 0 aromatic carbocycles. The molecule has 1 aliphatic carbocycles. The SMILES string of the molecule is CC1=C(O)CC=CC(F)=C1. The molecule has 10 heavy (non-hydrogen) atoms. The highest BCUT2D eigenvalue weighted by molar-refractivity contribution is 5.30. The summed E-state index contributed by atoms with van der Waals surface area (Å²) in [5, 5.41) is 9.09. The molecule has 0 unspecified atom stereocenters. The summed E-state index contributed by atoms with van der Waals surface area (Å²) in [6.45, 7) is 1.68. The summed E-state index contributed by atoms with van der Waals surface area (Å²) in [7, 11) is 0. The van der Waals surface area contributed by atoms with Gasteiger partial charge in [-0.3, -0.25) is 0 Å². The molecular formula is C8H9FO. The molecule has 54 valence electrons. The fourth-order valence-corrected chi connectivity index (χ4v) is 0.782. The van der Waals surface area contributed by atoms with E-state index in [-0.39, 0.29) is 11.6 Å². The van der Waals surface area contributed by atoms with Crippen molar-refractivity contribution in [1.82, 2.24) is 0 Å². The highest BCUT2D eigenvalue weighted by atomic mass is 19.1. The quantitative estimate of drug-likeness (QED) is 0.548. The highest BCUT2D eigenvalue weighted by Crippen LogP contribution is 2.15. The van der Waals surface area contributed by atoms with Crippen LogP contribution in [0.5, 0.6) is 0 Å². The molecule has 0 aromatic heterocycles. The smallest absolute Gasteiger partial charge is 0.123 e. The van der Waals surface area contributed by atoms with Gasteiger partial charge in [0.05, 0.1) is 5.76 Å². The van der Waals surface area contributed by atoms with Gasteiger partial charge in [-0.2, -0.15) is 0 Å². The highest BCUT2D eigenvalue weighted by Gasteiger charge is 2.00. The lowest BCUT2D eigenvalue weighted by atomic mass is 10.2. The van der Waals surface area contributed by atoms with Crippen molar-refractivity contribution in [2.45, 2.75) is 13.3 Å². The predicted octanol–water partition coefficient (Wildman–Crippen LogP) is 2.63. The molecule has 1 rings (SSSR count). The second kappa shape index (κ2) is 2.69. The van der Waals surface area contributed by atoms with E-state index >= 15 is 0 Å². The number of aliphatic hydroxyl groups excluding tert-OH is 1. The van der Waals surface area contributed by atoms with Gasteiger partial charge < -0.3 is 5.11 Å². The summed E-state index contributed by atoms with van der Waals surface area (Å²) >= 11 is 0. The van der Waals surface area contributed by atoms with E-state index in [0.29, 0.717) is 12.0 Å². The van der Waals surface area contributed by atoms with Gasteiger partial charge in [0.1, 0.15) is 5.83 Å². The van der Waals surface area contributed by atoms with Crippen LogP contribution < -0.4 is 0 Å². The van der Waals surface area contributed by atoms with Crippen molar-refractivity contribution in [2.24, 2.45) is 0 Å². The van der Waals surface area contributed by atoms with E-state index in [0.717, 1.165) is 0 Å². The first kappa shape index (κ1) is 7.06. The summed E-state index contributed by atoms with van der Waals surface area (Å²) in [4.78, 5) is 0. The molecule has 0 amide bonds. The van der Waals surface area contributed by atoms with Gasteiger partial charge in [0.2, 0.25) is 0 Å². The number of aliphatic hydroxyl groups is 1. The van der Waals surface area contributed by atoms with Crippen LogP contribution in [0.25, 0.3) is 0 Å². The maximum atomic E-state index is 12.5. The first-order chi connectivity index (χ1) is 4.70. The average molecular weight is 140 g/mol.